The zero-order valence-corrected chi connectivity index (χ0v) is 37.9. The zero-order chi connectivity index (χ0) is 43.1. The third kappa shape index (κ3) is 8.94. The summed E-state index contributed by atoms with van der Waals surface area (Å²) in [6.45, 7) is 10.9. The van der Waals surface area contributed by atoms with Crippen LogP contribution in [0.1, 0.15) is 185 Å². The standard InChI is InChI=1S/C53H72O8/c1-32(54)58-40-16-18-42-38(30-40)28-36(50-44(42)24-26-52(5)46(50)20-22-48(52)60-34(3)56)14-12-10-8-7-9-11-13-15-37-29-39-31-41(59-33(2)55)17-19-43(39)45-25-27-53(6)47(51(37)45)21-23-49(53)61-35(4)57/h16-19,30-31,36-37,44-51H,7-15,20-29H2,1-6H3/t36?,37?,44-,45-,46+,47+,48+,49+,50-,51-,52+,53+/m1/s1. The number of esters is 4. The van der Waals surface area contributed by atoms with Crippen LogP contribution in [0.3, 0.4) is 0 Å². The summed E-state index contributed by atoms with van der Waals surface area (Å²) in [4.78, 5) is 47.9. The van der Waals surface area contributed by atoms with Gasteiger partial charge < -0.3 is 18.9 Å². The summed E-state index contributed by atoms with van der Waals surface area (Å²) in [5.74, 6) is 4.89. The van der Waals surface area contributed by atoms with Crippen molar-refractivity contribution in [1.82, 2.24) is 0 Å². The first kappa shape index (κ1) is 43.9. The number of carbonyl (C=O) groups excluding carboxylic acids is 4. The van der Waals surface area contributed by atoms with Gasteiger partial charge >= 0.3 is 23.9 Å². The number of benzene rings is 2. The van der Waals surface area contributed by atoms with Crippen LogP contribution in [-0.4, -0.2) is 36.1 Å². The van der Waals surface area contributed by atoms with Crippen LogP contribution >= 0.6 is 0 Å². The summed E-state index contributed by atoms with van der Waals surface area (Å²) < 4.78 is 23.1. The fraction of sp³-hybridized carbons (Fsp3) is 0.698. The Hall–Kier alpha value is -3.68. The molecule has 12 atom stereocenters. The average Bonchev–Trinajstić information content (AvgIpc) is 3.70. The van der Waals surface area contributed by atoms with Gasteiger partial charge in [-0.3, -0.25) is 19.2 Å². The Morgan fingerprint density at radius 1 is 0.525 bits per heavy atom. The highest BCUT2D eigenvalue weighted by atomic mass is 16.6. The topological polar surface area (TPSA) is 105 Å². The highest BCUT2D eigenvalue weighted by molar-refractivity contribution is 5.70. The molecule has 2 aromatic rings. The summed E-state index contributed by atoms with van der Waals surface area (Å²) in [5.41, 5.74) is 5.68. The summed E-state index contributed by atoms with van der Waals surface area (Å²) in [7, 11) is 0. The molecule has 0 radical (unpaired) electrons. The van der Waals surface area contributed by atoms with E-state index in [1.165, 1.54) is 93.9 Å². The molecule has 332 valence electrons. The van der Waals surface area contributed by atoms with Crippen LogP contribution in [-0.2, 0) is 41.5 Å². The van der Waals surface area contributed by atoms with Gasteiger partial charge in [0.25, 0.3) is 0 Å². The number of carbonyl (C=O) groups is 4. The van der Waals surface area contributed by atoms with Crippen molar-refractivity contribution in [3.63, 3.8) is 0 Å². The molecule has 4 saturated carbocycles. The molecule has 0 N–H and O–H groups in total. The molecular weight excluding hydrogens is 765 g/mol. The van der Waals surface area contributed by atoms with E-state index in [0.29, 0.717) is 58.8 Å². The van der Waals surface area contributed by atoms with Crippen LogP contribution in [0.25, 0.3) is 0 Å². The minimum Gasteiger partial charge on any atom is -0.462 e. The second kappa shape index (κ2) is 18.2. The van der Waals surface area contributed by atoms with Gasteiger partial charge in [0.05, 0.1) is 0 Å². The Bertz CT molecular complexity index is 1820. The highest BCUT2D eigenvalue weighted by Gasteiger charge is 2.59. The molecule has 61 heavy (non-hydrogen) atoms. The van der Waals surface area contributed by atoms with E-state index in [0.717, 1.165) is 64.2 Å². The van der Waals surface area contributed by atoms with E-state index < -0.39 is 0 Å². The first-order valence-corrected chi connectivity index (χ1v) is 24.2. The summed E-state index contributed by atoms with van der Waals surface area (Å²) in [6, 6.07) is 12.7. The van der Waals surface area contributed by atoms with Crippen LogP contribution in [0.4, 0.5) is 0 Å². The van der Waals surface area contributed by atoms with Crippen molar-refractivity contribution in [2.24, 2.45) is 46.3 Å². The van der Waals surface area contributed by atoms with Crippen LogP contribution in [0.5, 0.6) is 11.5 Å². The Morgan fingerprint density at radius 3 is 1.30 bits per heavy atom. The van der Waals surface area contributed by atoms with Gasteiger partial charge in [-0.1, -0.05) is 70.9 Å². The van der Waals surface area contributed by atoms with Crippen molar-refractivity contribution in [3.8, 4) is 11.5 Å². The molecule has 0 aromatic heterocycles. The Balaban J connectivity index is 0.865. The zero-order valence-electron chi connectivity index (χ0n) is 37.9. The Labute approximate surface area is 365 Å². The van der Waals surface area contributed by atoms with Crippen molar-refractivity contribution in [2.75, 3.05) is 0 Å². The molecule has 8 rings (SSSR count). The van der Waals surface area contributed by atoms with Crippen molar-refractivity contribution in [3.05, 3.63) is 58.7 Å². The maximum atomic E-state index is 12.1. The second-order valence-electron chi connectivity index (χ2n) is 20.9. The molecule has 2 aromatic carbocycles. The number of ether oxygens (including phenoxy) is 4. The predicted molar refractivity (Wildman–Crippen MR) is 235 cm³/mol. The van der Waals surface area contributed by atoms with Gasteiger partial charge in [-0.25, -0.2) is 0 Å². The van der Waals surface area contributed by atoms with E-state index in [-0.39, 0.29) is 46.9 Å². The van der Waals surface area contributed by atoms with Crippen LogP contribution in [0, 0.1) is 46.3 Å². The molecule has 6 aliphatic carbocycles. The Morgan fingerprint density at radius 2 is 0.918 bits per heavy atom. The van der Waals surface area contributed by atoms with Gasteiger partial charge in [0.15, 0.2) is 0 Å². The molecule has 6 aliphatic rings. The summed E-state index contributed by atoms with van der Waals surface area (Å²) in [6.07, 6.45) is 21.9. The molecule has 0 spiro atoms. The van der Waals surface area contributed by atoms with Gasteiger partial charge in [0, 0.05) is 38.5 Å². The minimum atomic E-state index is -0.276. The molecule has 8 heteroatoms. The monoisotopic (exact) mass is 837 g/mol. The third-order valence-corrected chi connectivity index (χ3v) is 17.4. The first-order valence-electron chi connectivity index (χ1n) is 24.2. The smallest absolute Gasteiger partial charge is 0.308 e. The highest BCUT2D eigenvalue weighted by Crippen LogP contribution is 2.65. The number of unbranched alkanes of at least 4 members (excludes halogenated alkanes) is 6. The lowest BCUT2D eigenvalue weighted by molar-refractivity contribution is -0.156. The van der Waals surface area contributed by atoms with Crippen LogP contribution in [0.15, 0.2) is 36.4 Å². The SMILES string of the molecule is CC(=O)Oc1ccc2c(c1)CC(CCCCCCCCCC1Cc3cc(OC(C)=O)ccc3[C@H]3CC[C@]4(C)[C@@H](OC(C)=O)CC[C@H]4[C@H]13)[C@@H]1[C@@H]2CC[C@]2(C)[C@@H](OC(C)=O)CC[C@@H]12. The largest absolute Gasteiger partial charge is 0.462 e. The molecule has 8 nitrogen and oxygen atoms in total. The summed E-state index contributed by atoms with van der Waals surface area (Å²) in [5, 5.41) is 0. The van der Waals surface area contributed by atoms with E-state index >= 15 is 0 Å². The van der Waals surface area contributed by atoms with Crippen LogP contribution < -0.4 is 9.47 Å². The minimum absolute atomic E-state index is 0.0187. The van der Waals surface area contributed by atoms with Crippen molar-refractivity contribution in [1.29, 1.82) is 0 Å². The predicted octanol–water partition coefficient (Wildman–Crippen LogP) is 11.8. The summed E-state index contributed by atoms with van der Waals surface area (Å²) >= 11 is 0. The molecule has 2 unspecified atom stereocenters. The Kier molecular flexibility index (Phi) is 13.1. The number of hydrogen-bond acceptors (Lipinski definition) is 8. The van der Waals surface area contributed by atoms with Gasteiger partial charge in [0.1, 0.15) is 23.7 Å². The van der Waals surface area contributed by atoms with Gasteiger partial charge in [-0.05, 0) is 171 Å². The quantitative estimate of drug-likeness (QED) is 0.105. The molecule has 0 amide bonds. The van der Waals surface area contributed by atoms with Crippen molar-refractivity contribution >= 4 is 23.9 Å². The molecule has 0 aliphatic heterocycles. The molecule has 0 bridgehead atoms. The molecule has 4 fully saturated rings. The fourth-order valence-electron chi connectivity index (χ4n) is 14.9. The van der Waals surface area contributed by atoms with Gasteiger partial charge in [-0.15, -0.1) is 0 Å². The number of hydrogen-bond donors (Lipinski definition) is 0. The normalized spacial score (nSPS) is 34.4. The first-order chi connectivity index (χ1) is 29.2. The van der Waals surface area contributed by atoms with E-state index in [1.807, 2.05) is 12.1 Å². The number of fused-ring (bicyclic) bond motifs is 10. The van der Waals surface area contributed by atoms with Crippen molar-refractivity contribution < 1.29 is 38.1 Å². The van der Waals surface area contributed by atoms with E-state index in [4.69, 9.17) is 18.9 Å². The maximum absolute atomic E-state index is 12.1. The lowest BCUT2D eigenvalue weighted by atomic mass is 9.52. The fourth-order valence-corrected chi connectivity index (χ4v) is 14.9. The molecule has 0 heterocycles. The molecule has 0 saturated heterocycles. The van der Waals surface area contributed by atoms with Gasteiger partial charge in [-0.2, -0.15) is 0 Å². The van der Waals surface area contributed by atoms with Gasteiger partial charge in [0.2, 0.25) is 0 Å². The lowest BCUT2D eigenvalue weighted by Crippen LogP contribution is -2.48. The van der Waals surface area contributed by atoms with E-state index in [2.05, 4.69) is 38.1 Å². The number of rotatable bonds is 14. The van der Waals surface area contributed by atoms with Crippen LogP contribution in [0.2, 0.25) is 0 Å². The van der Waals surface area contributed by atoms with E-state index in [9.17, 15) is 19.2 Å². The average molecular weight is 837 g/mol. The maximum Gasteiger partial charge on any atom is 0.308 e. The van der Waals surface area contributed by atoms with Crippen molar-refractivity contribution in [2.45, 2.75) is 188 Å². The van der Waals surface area contributed by atoms with E-state index in [1.54, 1.807) is 13.8 Å². The second-order valence-corrected chi connectivity index (χ2v) is 20.9. The molecular formula is C53H72O8. The lowest BCUT2D eigenvalue weighted by Gasteiger charge is -2.53. The third-order valence-electron chi connectivity index (χ3n) is 17.4.